The number of rotatable bonds is 3. The lowest BCUT2D eigenvalue weighted by atomic mass is 9.78. The maximum atomic E-state index is 11.3. The summed E-state index contributed by atoms with van der Waals surface area (Å²) in [5.41, 5.74) is 0. The van der Waals surface area contributed by atoms with E-state index in [1.54, 1.807) is 4.90 Å². The number of likely N-dealkylation sites (tertiary alicyclic amines) is 1. The van der Waals surface area contributed by atoms with Crippen molar-refractivity contribution < 1.29 is 14.7 Å². The van der Waals surface area contributed by atoms with Crippen LogP contribution < -0.4 is 0 Å². The molecule has 2 fully saturated rings. The Morgan fingerprint density at radius 3 is 2.53 bits per heavy atom. The molecule has 0 aromatic rings. The van der Waals surface area contributed by atoms with Gasteiger partial charge in [0, 0.05) is 12.5 Å². The quantitative estimate of drug-likeness (QED) is 0.715. The molecule has 0 aromatic heterocycles. The molecule has 84 valence electrons. The Kier molecular flexibility index (Phi) is 2.93. The van der Waals surface area contributed by atoms with Crippen molar-refractivity contribution in [1.29, 1.82) is 0 Å². The van der Waals surface area contributed by atoms with Gasteiger partial charge in [-0.05, 0) is 18.8 Å². The molecule has 1 saturated carbocycles. The Morgan fingerprint density at radius 1 is 1.33 bits per heavy atom. The second-order valence-corrected chi connectivity index (χ2v) is 4.58. The molecular formula is C11H17NO3. The van der Waals surface area contributed by atoms with Crippen LogP contribution in [-0.2, 0) is 9.59 Å². The fourth-order valence-corrected chi connectivity index (χ4v) is 2.77. The summed E-state index contributed by atoms with van der Waals surface area (Å²) >= 11 is 0. The van der Waals surface area contributed by atoms with Gasteiger partial charge in [0.1, 0.15) is 6.54 Å². The van der Waals surface area contributed by atoms with E-state index in [1.165, 1.54) is 19.3 Å². The molecule has 4 nitrogen and oxygen atoms in total. The van der Waals surface area contributed by atoms with E-state index in [0.29, 0.717) is 12.3 Å². The van der Waals surface area contributed by atoms with Gasteiger partial charge in [0.15, 0.2) is 0 Å². The molecule has 0 aromatic carbocycles. The minimum absolute atomic E-state index is 0.00738. The maximum Gasteiger partial charge on any atom is 0.323 e. The molecule has 1 atom stereocenters. The number of hydrogen-bond acceptors (Lipinski definition) is 2. The number of carboxylic acids is 1. The number of amides is 1. The number of carbonyl (C=O) groups excluding carboxylic acids is 1. The van der Waals surface area contributed by atoms with Crippen LogP contribution >= 0.6 is 0 Å². The molecule has 1 heterocycles. The lowest BCUT2D eigenvalue weighted by Crippen LogP contribution is -2.57. The maximum absolute atomic E-state index is 11.3. The summed E-state index contributed by atoms with van der Waals surface area (Å²) in [6, 6.07) is 0.217. The van der Waals surface area contributed by atoms with Crippen molar-refractivity contribution in [2.45, 2.75) is 44.6 Å². The topological polar surface area (TPSA) is 57.6 Å². The van der Waals surface area contributed by atoms with Crippen LogP contribution in [0.15, 0.2) is 0 Å². The molecule has 2 rings (SSSR count). The predicted molar refractivity (Wildman–Crippen MR) is 54.3 cm³/mol. The summed E-state index contributed by atoms with van der Waals surface area (Å²) in [5, 5.41) is 8.69. The average molecular weight is 211 g/mol. The van der Waals surface area contributed by atoms with E-state index in [-0.39, 0.29) is 18.5 Å². The van der Waals surface area contributed by atoms with Crippen LogP contribution in [0.1, 0.15) is 38.5 Å². The molecule has 15 heavy (non-hydrogen) atoms. The number of β-lactam (4-membered cyclic amide) rings is 1. The van der Waals surface area contributed by atoms with E-state index in [1.807, 2.05) is 0 Å². The summed E-state index contributed by atoms with van der Waals surface area (Å²) in [7, 11) is 0. The number of carbonyl (C=O) groups is 2. The molecule has 0 spiro atoms. The SMILES string of the molecule is O=C(O)CN1C(=O)CC1C1CCCCC1. The Hall–Kier alpha value is -1.06. The van der Waals surface area contributed by atoms with Crippen LogP contribution in [-0.4, -0.2) is 34.5 Å². The van der Waals surface area contributed by atoms with Crippen LogP contribution in [0.2, 0.25) is 0 Å². The first-order chi connectivity index (χ1) is 7.18. The largest absolute Gasteiger partial charge is 0.480 e. The van der Waals surface area contributed by atoms with Gasteiger partial charge in [0.2, 0.25) is 5.91 Å². The van der Waals surface area contributed by atoms with Crippen LogP contribution in [0, 0.1) is 5.92 Å². The van der Waals surface area contributed by atoms with Gasteiger partial charge >= 0.3 is 5.97 Å². The molecule has 1 amide bonds. The van der Waals surface area contributed by atoms with Gasteiger partial charge in [-0.15, -0.1) is 0 Å². The van der Waals surface area contributed by atoms with Crippen molar-refractivity contribution in [3.05, 3.63) is 0 Å². The molecule has 4 heteroatoms. The highest BCUT2D eigenvalue weighted by molar-refractivity contribution is 5.87. The second kappa shape index (κ2) is 4.21. The third-order valence-electron chi connectivity index (χ3n) is 3.60. The summed E-state index contributed by atoms with van der Waals surface area (Å²) in [6.45, 7) is -0.111. The van der Waals surface area contributed by atoms with Crippen LogP contribution in [0.3, 0.4) is 0 Å². The van der Waals surface area contributed by atoms with Gasteiger partial charge in [-0.3, -0.25) is 9.59 Å². The fourth-order valence-electron chi connectivity index (χ4n) is 2.77. The van der Waals surface area contributed by atoms with Gasteiger partial charge in [-0.2, -0.15) is 0 Å². The standard InChI is InChI=1S/C11H17NO3/c13-10-6-9(12(10)7-11(14)15)8-4-2-1-3-5-8/h8-9H,1-7H2,(H,14,15). The Morgan fingerprint density at radius 2 is 2.00 bits per heavy atom. The van der Waals surface area contributed by atoms with E-state index in [0.717, 1.165) is 12.8 Å². The predicted octanol–water partition coefficient (Wildman–Crippen LogP) is 1.25. The molecule has 1 unspecified atom stereocenters. The lowest BCUT2D eigenvalue weighted by Gasteiger charge is -2.45. The van der Waals surface area contributed by atoms with Gasteiger partial charge in [-0.25, -0.2) is 0 Å². The monoisotopic (exact) mass is 211 g/mol. The first-order valence-corrected chi connectivity index (χ1v) is 5.70. The first-order valence-electron chi connectivity index (χ1n) is 5.70. The zero-order valence-corrected chi connectivity index (χ0v) is 8.82. The highest BCUT2D eigenvalue weighted by Gasteiger charge is 2.41. The van der Waals surface area contributed by atoms with Crippen LogP contribution in [0.4, 0.5) is 0 Å². The van der Waals surface area contributed by atoms with E-state index in [4.69, 9.17) is 5.11 Å². The average Bonchev–Trinajstić information content (AvgIpc) is 2.24. The van der Waals surface area contributed by atoms with Crippen molar-refractivity contribution in [3.8, 4) is 0 Å². The Balaban J connectivity index is 1.91. The molecule has 1 saturated heterocycles. The normalized spacial score (nSPS) is 27.6. The van der Waals surface area contributed by atoms with Crippen molar-refractivity contribution >= 4 is 11.9 Å². The highest BCUT2D eigenvalue weighted by atomic mass is 16.4. The number of aliphatic carboxylic acids is 1. The van der Waals surface area contributed by atoms with E-state index in [9.17, 15) is 9.59 Å². The molecule has 1 N–H and O–H groups in total. The molecular weight excluding hydrogens is 194 g/mol. The highest BCUT2D eigenvalue weighted by Crippen LogP contribution is 2.35. The zero-order chi connectivity index (χ0) is 10.8. The summed E-state index contributed by atoms with van der Waals surface area (Å²) in [5.74, 6) is -0.340. The third-order valence-corrected chi connectivity index (χ3v) is 3.60. The van der Waals surface area contributed by atoms with E-state index < -0.39 is 5.97 Å². The van der Waals surface area contributed by atoms with Crippen LogP contribution in [0.25, 0.3) is 0 Å². The van der Waals surface area contributed by atoms with Gasteiger partial charge in [0.25, 0.3) is 0 Å². The van der Waals surface area contributed by atoms with Crippen molar-refractivity contribution in [2.75, 3.05) is 6.54 Å². The molecule has 0 radical (unpaired) electrons. The van der Waals surface area contributed by atoms with Gasteiger partial charge in [-0.1, -0.05) is 19.3 Å². The van der Waals surface area contributed by atoms with E-state index >= 15 is 0 Å². The second-order valence-electron chi connectivity index (χ2n) is 4.58. The first kappa shape index (κ1) is 10.5. The summed E-state index contributed by atoms with van der Waals surface area (Å²) in [6.07, 6.45) is 6.64. The van der Waals surface area contributed by atoms with Crippen molar-refractivity contribution in [1.82, 2.24) is 4.90 Å². The molecule has 2 aliphatic rings. The van der Waals surface area contributed by atoms with Gasteiger partial charge in [0.05, 0.1) is 0 Å². The van der Waals surface area contributed by atoms with Crippen molar-refractivity contribution in [2.24, 2.45) is 5.92 Å². The summed E-state index contributed by atoms with van der Waals surface area (Å²) < 4.78 is 0. The Labute approximate surface area is 89.3 Å². The van der Waals surface area contributed by atoms with Crippen molar-refractivity contribution in [3.63, 3.8) is 0 Å². The zero-order valence-electron chi connectivity index (χ0n) is 8.82. The molecule has 1 aliphatic carbocycles. The lowest BCUT2D eigenvalue weighted by molar-refractivity contribution is -0.157. The fraction of sp³-hybridized carbons (Fsp3) is 0.818. The number of carboxylic acid groups (broad SMARTS) is 1. The minimum Gasteiger partial charge on any atom is -0.480 e. The smallest absolute Gasteiger partial charge is 0.323 e. The molecule has 1 aliphatic heterocycles. The van der Waals surface area contributed by atoms with Crippen LogP contribution in [0.5, 0.6) is 0 Å². The minimum atomic E-state index is -0.899. The Bertz CT molecular complexity index is 271. The summed E-state index contributed by atoms with van der Waals surface area (Å²) in [4.78, 5) is 23.4. The number of nitrogens with zero attached hydrogens (tertiary/aromatic N) is 1. The van der Waals surface area contributed by atoms with Gasteiger partial charge < -0.3 is 10.0 Å². The number of hydrogen-bond donors (Lipinski definition) is 1. The third kappa shape index (κ3) is 2.13. The molecule has 0 bridgehead atoms. The van der Waals surface area contributed by atoms with E-state index in [2.05, 4.69) is 0 Å².